The minimum Gasteiger partial charge on any atom is -0.457 e. The topological polar surface area (TPSA) is 58.7 Å². The molecule has 0 aliphatic carbocycles. The second kappa shape index (κ2) is 7.66. The van der Waals surface area contributed by atoms with Crippen LogP contribution < -0.4 is 0 Å². The number of thioether (sulfide) groups is 1. The number of carbonyl (C=O) groups excluding carboxylic acids is 1. The molecule has 1 aliphatic heterocycles. The lowest BCUT2D eigenvalue weighted by molar-refractivity contribution is -0.121. The van der Waals surface area contributed by atoms with Gasteiger partial charge in [-0.1, -0.05) is 29.8 Å². The van der Waals surface area contributed by atoms with Crippen LogP contribution in [0.4, 0.5) is 5.82 Å². The van der Waals surface area contributed by atoms with E-state index in [4.69, 9.17) is 16.0 Å². The van der Waals surface area contributed by atoms with Gasteiger partial charge in [0.2, 0.25) is 0 Å². The van der Waals surface area contributed by atoms with Gasteiger partial charge in [-0.15, -0.1) is 0 Å². The molecule has 0 spiro atoms. The Balaban J connectivity index is 1.60. The van der Waals surface area contributed by atoms with E-state index >= 15 is 0 Å². The van der Waals surface area contributed by atoms with Crippen molar-refractivity contribution >= 4 is 46.3 Å². The van der Waals surface area contributed by atoms with Crippen molar-refractivity contribution in [2.45, 2.75) is 6.92 Å². The number of nitrogens with zero attached hydrogens (tertiary/aromatic N) is 3. The fourth-order valence-electron chi connectivity index (χ4n) is 2.70. The predicted molar refractivity (Wildman–Crippen MR) is 114 cm³/mol. The van der Waals surface area contributed by atoms with Gasteiger partial charge in [0.25, 0.3) is 5.91 Å². The third-order valence-corrected chi connectivity index (χ3v) is 5.39. The maximum atomic E-state index is 12.6. The highest BCUT2D eigenvalue weighted by atomic mass is 35.5. The lowest BCUT2D eigenvalue weighted by Gasteiger charge is -2.06. The molecule has 0 N–H and O–H groups in total. The van der Waals surface area contributed by atoms with Gasteiger partial charge in [0.05, 0.1) is 4.91 Å². The molecule has 0 saturated carbocycles. The Bertz CT molecular complexity index is 1120. The lowest BCUT2D eigenvalue weighted by Crippen LogP contribution is -2.23. The summed E-state index contributed by atoms with van der Waals surface area (Å²) in [5.41, 5.74) is 1.76. The molecule has 7 heteroatoms. The number of halogens is 1. The van der Waals surface area contributed by atoms with Gasteiger partial charge in [-0.25, -0.2) is 9.98 Å². The van der Waals surface area contributed by atoms with E-state index in [1.54, 1.807) is 13.1 Å². The Labute approximate surface area is 171 Å². The summed E-state index contributed by atoms with van der Waals surface area (Å²) in [5, 5.41) is 1.22. The number of aryl methyl sites for hydroxylation is 1. The summed E-state index contributed by atoms with van der Waals surface area (Å²) in [4.78, 5) is 23.5. The quantitative estimate of drug-likeness (QED) is 0.533. The zero-order valence-corrected chi connectivity index (χ0v) is 16.8. The van der Waals surface area contributed by atoms with Gasteiger partial charge in [0.15, 0.2) is 11.0 Å². The maximum absolute atomic E-state index is 12.6. The van der Waals surface area contributed by atoms with Crippen molar-refractivity contribution in [3.05, 3.63) is 76.0 Å². The number of carbonyl (C=O) groups is 1. The standard InChI is InChI=1S/C21H16ClN3O2S/c1-13-5-3-8-19(23-13)24-21-25(2)20(26)18(28-21)12-16-9-10-17(27-16)14-6-4-7-15(22)11-14/h3-12H,1-2H3/b18-12+,24-21+. The van der Waals surface area contributed by atoms with Crippen LogP contribution in [-0.2, 0) is 4.79 Å². The maximum Gasteiger partial charge on any atom is 0.266 e. The number of likely N-dealkylation sites (N-methyl/N-ethyl adjacent to an activating group) is 1. The molecule has 1 aromatic carbocycles. The van der Waals surface area contributed by atoms with Gasteiger partial charge in [0, 0.05) is 29.4 Å². The number of hydrogen-bond acceptors (Lipinski definition) is 5. The number of rotatable bonds is 3. The summed E-state index contributed by atoms with van der Waals surface area (Å²) in [6.45, 7) is 1.90. The second-order valence-corrected chi connectivity index (χ2v) is 7.66. The molecule has 1 saturated heterocycles. The van der Waals surface area contributed by atoms with Crippen molar-refractivity contribution in [2.24, 2.45) is 4.99 Å². The first kappa shape index (κ1) is 18.5. The average Bonchev–Trinajstić information content (AvgIpc) is 3.23. The first-order valence-electron chi connectivity index (χ1n) is 8.55. The second-order valence-electron chi connectivity index (χ2n) is 6.22. The Morgan fingerprint density at radius 2 is 2.00 bits per heavy atom. The van der Waals surface area contributed by atoms with Crippen molar-refractivity contribution in [1.29, 1.82) is 0 Å². The summed E-state index contributed by atoms with van der Waals surface area (Å²) in [5.74, 6) is 1.73. The van der Waals surface area contributed by atoms with Crippen molar-refractivity contribution in [3.63, 3.8) is 0 Å². The van der Waals surface area contributed by atoms with Crippen molar-refractivity contribution in [2.75, 3.05) is 7.05 Å². The molecule has 0 unspecified atom stereocenters. The van der Waals surface area contributed by atoms with Gasteiger partial charge in [-0.05, 0) is 55.1 Å². The molecule has 0 radical (unpaired) electrons. The molecule has 0 atom stereocenters. The Kier molecular flexibility index (Phi) is 5.07. The molecular weight excluding hydrogens is 394 g/mol. The Morgan fingerprint density at radius 1 is 1.18 bits per heavy atom. The molecule has 1 aliphatic rings. The molecule has 140 valence electrons. The monoisotopic (exact) mass is 409 g/mol. The number of benzene rings is 1. The number of aromatic nitrogens is 1. The summed E-state index contributed by atoms with van der Waals surface area (Å²) in [7, 11) is 1.70. The molecule has 3 aromatic rings. The highest BCUT2D eigenvalue weighted by molar-refractivity contribution is 8.18. The zero-order chi connectivity index (χ0) is 19.7. The molecule has 1 fully saturated rings. The average molecular weight is 410 g/mol. The fourth-order valence-corrected chi connectivity index (χ4v) is 3.84. The lowest BCUT2D eigenvalue weighted by atomic mass is 10.2. The van der Waals surface area contributed by atoms with Gasteiger partial charge < -0.3 is 4.42 Å². The number of amides is 1. The van der Waals surface area contributed by atoms with E-state index in [9.17, 15) is 4.79 Å². The van der Waals surface area contributed by atoms with Crippen molar-refractivity contribution in [1.82, 2.24) is 9.88 Å². The summed E-state index contributed by atoms with van der Waals surface area (Å²) in [6.07, 6.45) is 1.73. The molecule has 28 heavy (non-hydrogen) atoms. The van der Waals surface area contributed by atoms with Crippen molar-refractivity contribution in [3.8, 4) is 11.3 Å². The van der Waals surface area contributed by atoms with E-state index in [0.717, 1.165) is 11.3 Å². The minimum absolute atomic E-state index is 0.128. The first-order valence-corrected chi connectivity index (χ1v) is 9.75. The third kappa shape index (κ3) is 3.88. The first-order chi connectivity index (χ1) is 13.5. The number of amidine groups is 1. The minimum atomic E-state index is -0.128. The highest BCUT2D eigenvalue weighted by Crippen LogP contribution is 2.34. The van der Waals surface area contributed by atoms with Gasteiger partial charge in [-0.3, -0.25) is 9.69 Å². The van der Waals surface area contributed by atoms with Gasteiger partial charge in [-0.2, -0.15) is 0 Å². The number of furan rings is 1. The van der Waals surface area contributed by atoms with E-state index in [1.807, 2.05) is 61.5 Å². The number of aliphatic imine (C=N–C) groups is 1. The Hall–Kier alpha value is -2.83. The van der Waals surface area contributed by atoms with Crippen molar-refractivity contribution < 1.29 is 9.21 Å². The fraction of sp³-hybridized carbons (Fsp3) is 0.0952. The number of pyridine rings is 1. The van der Waals surface area contributed by atoms with Crippen LogP contribution in [-0.4, -0.2) is 28.0 Å². The third-order valence-electron chi connectivity index (χ3n) is 4.10. The van der Waals surface area contributed by atoms with Crippen LogP contribution in [0, 0.1) is 6.92 Å². The predicted octanol–water partition coefficient (Wildman–Crippen LogP) is 5.54. The van der Waals surface area contributed by atoms with E-state index in [-0.39, 0.29) is 5.91 Å². The van der Waals surface area contributed by atoms with Gasteiger partial charge in [0.1, 0.15) is 11.5 Å². The molecule has 1 amide bonds. The van der Waals surface area contributed by atoms with Crippen LogP contribution in [0.3, 0.4) is 0 Å². The van der Waals surface area contributed by atoms with Crippen LogP contribution in [0.1, 0.15) is 11.5 Å². The summed E-state index contributed by atoms with van der Waals surface area (Å²) in [6, 6.07) is 16.7. The molecule has 3 heterocycles. The smallest absolute Gasteiger partial charge is 0.266 e. The van der Waals surface area contributed by atoms with Crippen LogP contribution in [0.15, 0.2) is 68.9 Å². The highest BCUT2D eigenvalue weighted by Gasteiger charge is 2.30. The van der Waals surface area contributed by atoms with Crippen LogP contribution in [0.2, 0.25) is 5.02 Å². The van der Waals surface area contributed by atoms with Crippen LogP contribution in [0.25, 0.3) is 17.4 Å². The largest absolute Gasteiger partial charge is 0.457 e. The molecule has 0 bridgehead atoms. The van der Waals surface area contributed by atoms with E-state index in [2.05, 4.69) is 9.98 Å². The molecular formula is C21H16ClN3O2S. The molecule has 2 aromatic heterocycles. The number of hydrogen-bond donors (Lipinski definition) is 0. The van der Waals surface area contributed by atoms with Crippen LogP contribution in [0.5, 0.6) is 0 Å². The summed E-state index contributed by atoms with van der Waals surface area (Å²) >= 11 is 7.34. The molecule has 5 nitrogen and oxygen atoms in total. The van der Waals surface area contributed by atoms with Gasteiger partial charge >= 0.3 is 0 Å². The van der Waals surface area contributed by atoms with E-state index in [0.29, 0.717) is 32.4 Å². The SMILES string of the molecule is Cc1cccc(/N=C2/S/C(=C/c3ccc(-c4cccc(Cl)c4)o3)C(=O)N2C)n1. The van der Waals surface area contributed by atoms with Crippen LogP contribution >= 0.6 is 23.4 Å². The molecule has 4 rings (SSSR count). The zero-order valence-electron chi connectivity index (χ0n) is 15.2. The van der Waals surface area contributed by atoms with E-state index in [1.165, 1.54) is 16.7 Å². The summed E-state index contributed by atoms with van der Waals surface area (Å²) < 4.78 is 5.87. The normalized spacial score (nSPS) is 17.1. The Morgan fingerprint density at radius 3 is 2.79 bits per heavy atom. The van der Waals surface area contributed by atoms with E-state index < -0.39 is 0 Å².